The number of rotatable bonds is 6. The standard InChI is InChI=1S/C27H38O/c1-4-23(5-2)24-15-17-26(18-16-24)25-13-9-21(10-14-25)7-8-22-11-19-27(20-12-22)28-6-3/h4,9-10,13-14,22-24,26-27H,1,5-6,11-12,15-20H2,2-3H3. The fourth-order valence-corrected chi connectivity index (χ4v) is 5.21. The van der Waals surface area contributed by atoms with Crippen LogP contribution in [0.3, 0.4) is 0 Å². The van der Waals surface area contributed by atoms with Crippen LogP contribution in [0.15, 0.2) is 36.9 Å². The second-order valence-corrected chi connectivity index (χ2v) is 8.74. The molecule has 28 heavy (non-hydrogen) atoms. The Morgan fingerprint density at radius 2 is 1.68 bits per heavy atom. The average Bonchev–Trinajstić information content (AvgIpc) is 2.75. The first-order valence-corrected chi connectivity index (χ1v) is 11.6. The molecule has 1 nitrogen and oxygen atoms in total. The average molecular weight is 379 g/mol. The molecular weight excluding hydrogens is 340 g/mol. The highest BCUT2D eigenvalue weighted by Crippen LogP contribution is 2.39. The largest absolute Gasteiger partial charge is 0.379 e. The van der Waals surface area contributed by atoms with Gasteiger partial charge in [-0.25, -0.2) is 0 Å². The van der Waals surface area contributed by atoms with E-state index in [0.717, 1.165) is 18.4 Å². The van der Waals surface area contributed by atoms with E-state index in [9.17, 15) is 0 Å². The fourth-order valence-electron chi connectivity index (χ4n) is 5.21. The summed E-state index contributed by atoms with van der Waals surface area (Å²) in [5.41, 5.74) is 2.68. The van der Waals surface area contributed by atoms with Gasteiger partial charge in [0, 0.05) is 18.1 Å². The van der Waals surface area contributed by atoms with Crippen molar-refractivity contribution < 1.29 is 4.74 Å². The molecule has 0 saturated heterocycles. The van der Waals surface area contributed by atoms with Crippen molar-refractivity contribution in [3.05, 3.63) is 48.0 Å². The van der Waals surface area contributed by atoms with Crippen molar-refractivity contribution in [2.75, 3.05) is 6.61 Å². The van der Waals surface area contributed by atoms with Gasteiger partial charge in [0.2, 0.25) is 0 Å². The number of hydrogen-bond donors (Lipinski definition) is 0. The molecule has 1 heteroatoms. The summed E-state index contributed by atoms with van der Waals surface area (Å²) in [4.78, 5) is 0. The van der Waals surface area contributed by atoms with Gasteiger partial charge in [-0.1, -0.05) is 37.0 Å². The van der Waals surface area contributed by atoms with Gasteiger partial charge in [-0.3, -0.25) is 0 Å². The van der Waals surface area contributed by atoms with E-state index >= 15 is 0 Å². The minimum Gasteiger partial charge on any atom is -0.379 e. The Balaban J connectivity index is 1.49. The highest BCUT2D eigenvalue weighted by atomic mass is 16.5. The Hall–Kier alpha value is -1.52. The van der Waals surface area contributed by atoms with Gasteiger partial charge in [0.1, 0.15) is 0 Å². The topological polar surface area (TPSA) is 9.23 Å². The lowest BCUT2D eigenvalue weighted by Crippen LogP contribution is -2.20. The van der Waals surface area contributed by atoms with E-state index in [4.69, 9.17) is 4.74 Å². The Morgan fingerprint density at radius 3 is 2.25 bits per heavy atom. The summed E-state index contributed by atoms with van der Waals surface area (Å²) in [6, 6.07) is 9.12. The van der Waals surface area contributed by atoms with E-state index < -0.39 is 0 Å². The van der Waals surface area contributed by atoms with E-state index in [1.165, 1.54) is 68.9 Å². The van der Waals surface area contributed by atoms with Crippen molar-refractivity contribution in [2.24, 2.45) is 17.8 Å². The third kappa shape index (κ3) is 5.74. The smallest absolute Gasteiger partial charge is 0.0575 e. The summed E-state index contributed by atoms with van der Waals surface area (Å²) in [5.74, 6) is 9.78. The van der Waals surface area contributed by atoms with Crippen LogP contribution in [0.25, 0.3) is 0 Å². The zero-order valence-corrected chi connectivity index (χ0v) is 18.0. The quantitative estimate of drug-likeness (QED) is 0.378. The van der Waals surface area contributed by atoms with Crippen LogP contribution in [0.1, 0.15) is 88.7 Å². The van der Waals surface area contributed by atoms with Crippen molar-refractivity contribution in [1.82, 2.24) is 0 Å². The van der Waals surface area contributed by atoms with Crippen molar-refractivity contribution >= 4 is 0 Å². The van der Waals surface area contributed by atoms with Gasteiger partial charge in [-0.05, 0) is 100 Å². The lowest BCUT2D eigenvalue weighted by molar-refractivity contribution is 0.0310. The molecule has 2 aliphatic rings. The van der Waals surface area contributed by atoms with Gasteiger partial charge < -0.3 is 4.74 Å². The number of hydrogen-bond acceptors (Lipinski definition) is 1. The highest BCUT2D eigenvalue weighted by molar-refractivity contribution is 5.37. The number of benzene rings is 1. The molecule has 2 fully saturated rings. The van der Waals surface area contributed by atoms with E-state index in [1.54, 1.807) is 0 Å². The van der Waals surface area contributed by atoms with E-state index in [1.807, 2.05) is 0 Å². The summed E-state index contributed by atoms with van der Waals surface area (Å²) in [6.07, 6.45) is 13.9. The van der Waals surface area contributed by atoms with E-state index in [-0.39, 0.29) is 0 Å². The zero-order chi connectivity index (χ0) is 19.8. The van der Waals surface area contributed by atoms with E-state index in [2.05, 4.69) is 62.6 Å². The Kier molecular flexibility index (Phi) is 8.23. The first-order chi connectivity index (χ1) is 13.7. The molecule has 0 radical (unpaired) electrons. The second-order valence-electron chi connectivity index (χ2n) is 8.74. The minimum atomic E-state index is 0.469. The maximum absolute atomic E-state index is 5.74. The molecule has 0 amide bonds. The summed E-state index contributed by atoms with van der Waals surface area (Å²) in [7, 11) is 0. The second kappa shape index (κ2) is 10.9. The molecule has 3 rings (SSSR count). The van der Waals surface area contributed by atoms with Crippen LogP contribution in [-0.4, -0.2) is 12.7 Å². The van der Waals surface area contributed by atoms with Gasteiger partial charge in [0.05, 0.1) is 6.10 Å². The zero-order valence-electron chi connectivity index (χ0n) is 18.0. The normalized spacial score (nSPS) is 28.8. The molecule has 1 aromatic rings. The molecule has 2 aliphatic carbocycles. The molecule has 1 atom stereocenters. The monoisotopic (exact) mass is 378 g/mol. The molecule has 0 bridgehead atoms. The number of ether oxygens (including phenoxy) is 1. The molecule has 152 valence electrons. The molecule has 1 aromatic carbocycles. The third-order valence-corrected chi connectivity index (χ3v) is 7.03. The molecule has 0 heterocycles. The summed E-state index contributed by atoms with van der Waals surface area (Å²) in [5, 5.41) is 0. The first kappa shape index (κ1) is 21.2. The molecule has 0 aromatic heterocycles. The lowest BCUT2D eigenvalue weighted by Gasteiger charge is -2.32. The van der Waals surface area contributed by atoms with Crippen LogP contribution < -0.4 is 0 Å². The van der Waals surface area contributed by atoms with Crippen LogP contribution in [-0.2, 0) is 4.74 Å². The predicted octanol–water partition coefficient (Wildman–Crippen LogP) is 7.12. The van der Waals surface area contributed by atoms with Crippen LogP contribution in [0, 0.1) is 29.6 Å². The van der Waals surface area contributed by atoms with Crippen LogP contribution in [0.4, 0.5) is 0 Å². The SMILES string of the molecule is C=CC(CC)C1CCC(c2ccc(C#CC3CCC(OCC)CC3)cc2)CC1. The highest BCUT2D eigenvalue weighted by Gasteiger charge is 2.26. The first-order valence-electron chi connectivity index (χ1n) is 11.6. The Labute approximate surface area is 173 Å². The molecule has 0 N–H and O–H groups in total. The summed E-state index contributed by atoms with van der Waals surface area (Å²) >= 11 is 0. The van der Waals surface area contributed by atoms with Crippen molar-refractivity contribution in [3.63, 3.8) is 0 Å². The molecule has 0 aliphatic heterocycles. The van der Waals surface area contributed by atoms with Gasteiger partial charge in [0.15, 0.2) is 0 Å². The van der Waals surface area contributed by atoms with Crippen molar-refractivity contribution in [2.45, 2.75) is 83.7 Å². The molecule has 0 spiro atoms. The summed E-state index contributed by atoms with van der Waals surface area (Å²) < 4.78 is 5.74. The molecule has 2 saturated carbocycles. The van der Waals surface area contributed by atoms with Crippen LogP contribution in [0.5, 0.6) is 0 Å². The van der Waals surface area contributed by atoms with Crippen molar-refractivity contribution in [3.8, 4) is 11.8 Å². The number of allylic oxidation sites excluding steroid dienone is 1. The van der Waals surface area contributed by atoms with Gasteiger partial charge in [-0.15, -0.1) is 6.58 Å². The Morgan fingerprint density at radius 1 is 1.00 bits per heavy atom. The van der Waals surface area contributed by atoms with Crippen molar-refractivity contribution in [1.29, 1.82) is 0 Å². The minimum absolute atomic E-state index is 0.469. The lowest BCUT2D eigenvalue weighted by atomic mass is 9.73. The Bertz CT molecular complexity index is 646. The third-order valence-electron chi connectivity index (χ3n) is 7.03. The van der Waals surface area contributed by atoms with Crippen LogP contribution >= 0.6 is 0 Å². The van der Waals surface area contributed by atoms with Gasteiger partial charge in [-0.2, -0.15) is 0 Å². The predicted molar refractivity (Wildman–Crippen MR) is 119 cm³/mol. The maximum Gasteiger partial charge on any atom is 0.0575 e. The van der Waals surface area contributed by atoms with E-state index in [0.29, 0.717) is 17.9 Å². The molecular formula is C27H38O. The molecule has 1 unspecified atom stereocenters. The maximum atomic E-state index is 5.74. The van der Waals surface area contributed by atoms with Gasteiger partial charge >= 0.3 is 0 Å². The fraction of sp³-hybridized carbons (Fsp3) is 0.630. The van der Waals surface area contributed by atoms with Crippen LogP contribution in [0.2, 0.25) is 0 Å². The summed E-state index contributed by atoms with van der Waals surface area (Å²) in [6.45, 7) is 9.26. The van der Waals surface area contributed by atoms with Gasteiger partial charge in [0.25, 0.3) is 0 Å².